The van der Waals surface area contributed by atoms with Gasteiger partial charge in [-0.3, -0.25) is 0 Å². The van der Waals surface area contributed by atoms with Crippen molar-refractivity contribution < 1.29 is 0 Å². The van der Waals surface area contributed by atoms with Crippen LogP contribution in [0.3, 0.4) is 0 Å². The van der Waals surface area contributed by atoms with Crippen LogP contribution in [-0.4, -0.2) is 9.13 Å². The number of aromatic nitrogens is 2. The van der Waals surface area contributed by atoms with Crippen LogP contribution in [0.4, 0.5) is 17.1 Å². The van der Waals surface area contributed by atoms with E-state index in [9.17, 15) is 0 Å². The third kappa shape index (κ3) is 4.13. The lowest BCUT2D eigenvalue weighted by Gasteiger charge is -2.26. The highest BCUT2D eigenvalue weighted by atomic mass is 15.1. The normalized spacial score (nSPS) is 11.6. The van der Waals surface area contributed by atoms with Crippen LogP contribution in [0, 0.1) is 0 Å². The predicted octanol–water partition coefficient (Wildman–Crippen LogP) is 11.4. The number of benzene rings is 7. The number of anilines is 3. The van der Waals surface area contributed by atoms with Gasteiger partial charge in [-0.1, -0.05) is 103 Å². The summed E-state index contributed by atoms with van der Waals surface area (Å²) < 4.78 is 4.77. The highest BCUT2D eigenvalue weighted by Gasteiger charge is 2.19. The maximum atomic E-state index is 2.44. The van der Waals surface area contributed by atoms with Crippen molar-refractivity contribution in [1.29, 1.82) is 0 Å². The van der Waals surface area contributed by atoms with Crippen molar-refractivity contribution in [1.82, 2.24) is 9.13 Å². The SMILES string of the molecule is c1ccc(N(c2cccc(-n3c4ccccc4c4ccc5ccn(-c6ccccc6)c5c43)c2)c2ccc3ccccc3c2)cc1. The average Bonchev–Trinajstić information content (AvgIpc) is 3.69. The molecule has 0 bridgehead atoms. The van der Waals surface area contributed by atoms with Crippen molar-refractivity contribution in [3.8, 4) is 11.4 Å². The molecule has 0 aliphatic carbocycles. The van der Waals surface area contributed by atoms with Crippen LogP contribution in [0.1, 0.15) is 0 Å². The lowest BCUT2D eigenvalue weighted by atomic mass is 10.1. The molecule has 0 unspecified atom stereocenters. The fourth-order valence-corrected chi connectivity index (χ4v) is 6.86. The lowest BCUT2D eigenvalue weighted by molar-refractivity contribution is 1.11. The van der Waals surface area contributed by atoms with E-state index in [0.29, 0.717) is 0 Å². The first kappa shape index (κ1) is 25.4. The van der Waals surface area contributed by atoms with Crippen LogP contribution >= 0.6 is 0 Å². The molecule has 0 aliphatic heterocycles. The van der Waals surface area contributed by atoms with Crippen molar-refractivity contribution >= 4 is 60.5 Å². The minimum Gasteiger partial charge on any atom is -0.315 e. The van der Waals surface area contributed by atoms with E-state index in [0.717, 1.165) is 28.4 Å². The summed E-state index contributed by atoms with van der Waals surface area (Å²) in [6.45, 7) is 0. The summed E-state index contributed by atoms with van der Waals surface area (Å²) in [5.74, 6) is 0. The molecule has 2 heterocycles. The molecule has 0 N–H and O–H groups in total. The number of fused-ring (bicyclic) bond motifs is 6. The zero-order valence-corrected chi connectivity index (χ0v) is 24.6. The Kier molecular flexibility index (Phi) is 5.82. The molecule has 0 saturated heterocycles. The molecule has 45 heavy (non-hydrogen) atoms. The van der Waals surface area contributed by atoms with Gasteiger partial charge in [-0.2, -0.15) is 0 Å². The highest BCUT2D eigenvalue weighted by Crippen LogP contribution is 2.40. The maximum Gasteiger partial charge on any atom is 0.0788 e. The van der Waals surface area contributed by atoms with Crippen LogP contribution < -0.4 is 4.90 Å². The van der Waals surface area contributed by atoms with Crippen molar-refractivity contribution in [2.24, 2.45) is 0 Å². The molecule has 0 radical (unpaired) electrons. The Morgan fingerprint density at radius 3 is 1.91 bits per heavy atom. The topological polar surface area (TPSA) is 13.1 Å². The van der Waals surface area contributed by atoms with Gasteiger partial charge in [0.15, 0.2) is 0 Å². The van der Waals surface area contributed by atoms with Gasteiger partial charge < -0.3 is 14.0 Å². The third-order valence-electron chi connectivity index (χ3n) is 8.87. The molecule has 3 heteroatoms. The predicted molar refractivity (Wildman–Crippen MR) is 190 cm³/mol. The number of hydrogen-bond acceptors (Lipinski definition) is 1. The molecule has 9 aromatic rings. The molecule has 0 fully saturated rings. The zero-order valence-electron chi connectivity index (χ0n) is 24.6. The van der Waals surface area contributed by atoms with Gasteiger partial charge in [-0.05, 0) is 77.5 Å². The molecule has 9 rings (SSSR count). The number of para-hydroxylation sites is 3. The molecule has 7 aromatic carbocycles. The second-order valence-corrected chi connectivity index (χ2v) is 11.5. The molecule has 2 aromatic heterocycles. The molecule has 0 saturated carbocycles. The van der Waals surface area contributed by atoms with Crippen LogP contribution in [0.25, 0.3) is 54.9 Å². The summed E-state index contributed by atoms with van der Waals surface area (Å²) in [6, 6.07) is 61.0. The molecule has 0 spiro atoms. The van der Waals surface area contributed by atoms with Gasteiger partial charge in [-0.15, -0.1) is 0 Å². The Morgan fingerprint density at radius 2 is 1.04 bits per heavy atom. The second kappa shape index (κ2) is 10.3. The van der Waals surface area contributed by atoms with Gasteiger partial charge in [0.05, 0.1) is 16.6 Å². The fraction of sp³-hybridized carbons (Fsp3) is 0. The molecule has 212 valence electrons. The Hall–Kier alpha value is -6.06. The summed E-state index contributed by atoms with van der Waals surface area (Å²) in [5, 5.41) is 6.16. The van der Waals surface area contributed by atoms with Crippen LogP contribution in [0.15, 0.2) is 176 Å². The van der Waals surface area contributed by atoms with Crippen molar-refractivity contribution in [2.75, 3.05) is 4.90 Å². The van der Waals surface area contributed by atoms with E-state index in [1.807, 2.05) is 0 Å². The van der Waals surface area contributed by atoms with Crippen molar-refractivity contribution in [3.63, 3.8) is 0 Å². The zero-order chi connectivity index (χ0) is 29.7. The van der Waals surface area contributed by atoms with E-state index in [-0.39, 0.29) is 0 Å². The van der Waals surface area contributed by atoms with Crippen molar-refractivity contribution in [3.05, 3.63) is 176 Å². The number of nitrogens with zero attached hydrogens (tertiary/aromatic N) is 3. The molecular formula is C42H29N3. The molecule has 0 aliphatic rings. The van der Waals surface area contributed by atoms with Crippen molar-refractivity contribution in [2.45, 2.75) is 0 Å². The summed E-state index contributed by atoms with van der Waals surface area (Å²) in [7, 11) is 0. The van der Waals surface area contributed by atoms with Crippen LogP contribution in [-0.2, 0) is 0 Å². The molecule has 0 amide bonds. The Labute approximate surface area is 261 Å². The first-order valence-electron chi connectivity index (χ1n) is 15.4. The lowest BCUT2D eigenvalue weighted by Crippen LogP contribution is -2.10. The standard InChI is InChI=1S/C42H29N3/c1-3-14-33(15-4-1)43-27-26-31-23-25-39-38-20-9-10-21-40(38)45(42(39)41(31)43)36-19-11-18-35(29-36)44(34-16-5-2-6-17-34)37-24-22-30-12-7-8-13-32(30)28-37/h1-29H. The first-order chi connectivity index (χ1) is 22.3. The smallest absolute Gasteiger partial charge is 0.0788 e. The Bertz CT molecular complexity index is 2490. The van der Waals surface area contributed by atoms with Crippen LogP contribution in [0.2, 0.25) is 0 Å². The van der Waals surface area contributed by atoms with Gasteiger partial charge >= 0.3 is 0 Å². The Morgan fingerprint density at radius 1 is 0.378 bits per heavy atom. The summed E-state index contributed by atoms with van der Waals surface area (Å²) in [4.78, 5) is 2.35. The molecule has 3 nitrogen and oxygen atoms in total. The third-order valence-corrected chi connectivity index (χ3v) is 8.87. The fourth-order valence-electron chi connectivity index (χ4n) is 6.86. The van der Waals surface area contributed by atoms with E-state index in [2.05, 4.69) is 190 Å². The first-order valence-corrected chi connectivity index (χ1v) is 15.4. The van der Waals surface area contributed by atoms with E-state index in [4.69, 9.17) is 0 Å². The average molecular weight is 576 g/mol. The van der Waals surface area contributed by atoms with E-state index in [1.54, 1.807) is 0 Å². The van der Waals surface area contributed by atoms with Gasteiger partial charge in [0.1, 0.15) is 0 Å². The monoisotopic (exact) mass is 575 g/mol. The molecule has 0 atom stereocenters. The quantitative estimate of drug-likeness (QED) is 0.199. The summed E-state index contributed by atoms with van der Waals surface area (Å²) >= 11 is 0. The highest BCUT2D eigenvalue weighted by molar-refractivity contribution is 6.18. The second-order valence-electron chi connectivity index (χ2n) is 11.5. The van der Waals surface area contributed by atoms with Gasteiger partial charge in [-0.25, -0.2) is 0 Å². The van der Waals surface area contributed by atoms with E-state index >= 15 is 0 Å². The number of rotatable bonds is 5. The summed E-state index contributed by atoms with van der Waals surface area (Å²) in [5.41, 5.74) is 9.21. The largest absolute Gasteiger partial charge is 0.315 e. The minimum absolute atomic E-state index is 1.10. The number of hydrogen-bond donors (Lipinski definition) is 0. The maximum absolute atomic E-state index is 2.44. The van der Waals surface area contributed by atoms with Gasteiger partial charge in [0, 0.05) is 50.8 Å². The summed E-state index contributed by atoms with van der Waals surface area (Å²) in [6.07, 6.45) is 2.19. The minimum atomic E-state index is 1.10. The van der Waals surface area contributed by atoms with E-state index in [1.165, 1.54) is 43.5 Å². The van der Waals surface area contributed by atoms with E-state index < -0.39 is 0 Å². The molecular weight excluding hydrogens is 546 g/mol. The Balaban J connectivity index is 1.32. The van der Waals surface area contributed by atoms with Gasteiger partial charge in [0.25, 0.3) is 0 Å². The van der Waals surface area contributed by atoms with Gasteiger partial charge in [0.2, 0.25) is 0 Å². The van der Waals surface area contributed by atoms with Crippen LogP contribution in [0.5, 0.6) is 0 Å².